The van der Waals surface area contributed by atoms with Gasteiger partial charge in [-0.2, -0.15) is 4.31 Å². The molecule has 1 aromatic rings. The monoisotopic (exact) mass is 612 g/mol. The number of nitrogens with zero attached hydrogens (tertiary/aromatic N) is 3. The molecule has 0 saturated carbocycles. The van der Waals surface area contributed by atoms with E-state index in [0.29, 0.717) is 38.2 Å². The van der Waals surface area contributed by atoms with Gasteiger partial charge in [0.1, 0.15) is 17.8 Å². The zero-order chi connectivity index (χ0) is 30.8. The fourth-order valence-electron chi connectivity index (χ4n) is 4.71. The van der Waals surface area contributed by atoms with E-state index in [1.807, 2.05) is 20.8 Å². The van der Waals surface area contributed by atoms with Crippen LogP contribution in [0.2, 0.25) is 0 Å². The average molecular weight is 613 g/mol. The number of benzene rings is 1. The first-order valence-corrected chi connectivity index (χ1v) is 16.2. The van der Waals surface area contributed by atoms with Crippen molar-refractivity contribution in [3.05, 3.63) is 29.8 Å². The molecule has 3 rings (SSSR count). The van der Waals surface area contributed by atoms with Crippen molar-refractivity contribution in [1.82, 2.24) is 19.4 Å². The minimum absolute atomic E-state index is 0.0565. The third-order valence-corrected chi connectivity index (χ3v) is 9.67. The Balaban J connectivity index is 1.56. The smallest absolute Gasteiger partial charge is 0.415 e. The van der Waals surface area contributed by atoms with E-state index in [9.17, 15) is 32.7 Å². The van der Waals surface area contributed by atoms with E-state index in [-0.39, 0.29) is 29.4 Å². The number of hydrogen-bond donors (Lipinski definition) is 2. The molecule has 14 heteroatoms. The minimum atomic E-state index is -3.68. The molecular formula is C27H40N4O8S2. The molecule has 12 nitrogen and oxygen atoms in total. The highest BCUT2D eigenvalue weighted by atomic mass is 32.2. The minimum Gasteiger partial charge on any atom is -0.480 e. The van der Waals surface area contributed by atoms with Gasteiger partial charge in [0.15, 0.2) is 0 Å². The lowest BCUT2D eigenvalue weighted by Gasteiger charge is -2.35. The van der Waals surface area contributed by atoms with Gasteiger partial charge in [-0.25, -0.2) is 18.0 Å². The Hall–Kier alpha value is -2.84. The lowest BCUT2D eigenvalue weighted by atomic mass is 9.91. The normalized spacial score (nSPS) is 20.4. The number of piperazine rings is 1. The summed E-state index contributed by atoms with van der Waals surface area (Å²) in [6.07, 6.45) is 0.864. The van der Waals surface area contributed by atoms with Gasteiger partial charge in [-0.1, -0.05) is 32.9 Å². The highest BCUT2D eigenvalue weighted by Gasteiger charge is 2.50. The molecule has 0 spiro atoms. The second-order valence-corrected chi connectivity index (χ2v) is 15.7. The van der Waals surface area contributed by atoms with Crippen LogP contribution in [0.15, 0.2) is 24.3 Å². The maximum absolute atomic E-state index is 13.1. The molecule has 2 fully saturated rings. The van der Waals surface area contributed by atoms with E-state index in [1.165, 1.54) is 16.7 Å². The van der Waals surface area contributed by atoms with Gasteiger partial charge < -0.3 is 25.0 Å². The van der Waals surface area contributed by atoms with Crippen LogP contribution in [0.1, 0.15) is 46.6 Å². The van der Waals surface area contributed by atoms with E-state index in [0.717, 1.165) is 10.6 Å². The van der Waals surface area contributed by atoms with Crippen molar-refractivity contribution in [2.45, 2.75) is 64.3 Å². The fourth-order valence-corrected chi connectivity index (χ4v) is 7.45. The van der Waals surface area contributed by atoms with Crippen molar-refractivity contribution in [3.63, 3.8) is 0 Å². The van der Waals surface area contributed by atoms with Crippen molar-refractivity contribution >= 4 is 45.7 Å². The number of carboxylic acids is 1. The van der Waals surface area contributed by atoms with Crippen LogP contribution in [0.25, 0.3) is 0 Å². The highest BCUT2D eigenvalue weighted by molar-refractivity contribution is 8.02. The van der Waals surface area contributed by atoms with E-state index < -0.39 is 44.8 Å². The quantitative estimate of drug-likeness (QED) is 0.449. The first-order valence-electron chi connectivity index (χ1n) is 13.3. The van der Waals surface area contributed by atoms with Crippen LogP contribution in [0.4, 0.5) is 4.79 Å². The fraction of sp³-hybridized carbons (Fsp3) is 0.630. The summed E-state index contributed by atoms with van der Waals surface area (Å²) in [4.78, 5) is 53.4. The van der Waals surface area contributed by atoms with Crippen LogP contribution >= 0.6 is 11.8 Å². The molecule has 2 N–H and O–H groups in total. The molecule has 228 valence electrons. The highest BCUT2D eigenvalue weighted by Crippen LogP contribution is 2.40. The number of amides is 3. The summed E-state index contributed by atoms with van der Waals surface area (Å²) in [5.74, 6) is -1.50. The van der Waals surface area contributed by atoms with E-state index in [1.54, 1.807) is 43.0 Å². The van der Waals surface area contributed by atoms with E-state index in [4.69, 9.17) is 4.74 Å². The van der Waals surface area contributed by atoms with Crippen LogP contribution < -0.4 is 10.1 Å². The largest absolute Gasteiger partial charge is 0.480 e. The first kappa shape index (κ1) is 32.7. The Morgan fingerprint density at radius 1 is 1.07 bits per heavy atom. The topological polar surface area (TPSA) is 154 Å². The lowest BCUT2D eigenvalue weighted by Crippen LogP contribution is -2.56. The zero-order valence-electron chi connectivity index (χ0n) is 24.4. The number of thioether (sulfide) groups is 1. The number of rotatable bonds is 8. The molecule has 2 heterocycles. The van der Waals surface area contributed by atoms with Gasteiger partial charge in [0, 0.05) is 43.8 Å². The maximum Gasteiger partial charge on any atom is 0.415 e. The molecule has 0 aliphatic carbocycles. The van der Waals surface area contributed by atoms with Gasteiger partial charge in [-0.3, -0.25) is 9.59 Å². The summed E-state index contributed by atoms with van der Waals surface area (Å²) in [6.45, 7) is 11.1. The predicted octanol–water partition coefficient (Wildman–Crippen LogP) is 1.99. The van der Waals surface area contributed by atoms with Crippen LogP contribution in [-0.4, -0.2) is 107 Å². The zero-order valence-corrected chi connectivity index (χ0v) is 26.0. The van der Waals surface area contributed by atoms with Gasteiger partial charge in [0.05, 0.1) is 12.1 Å². The number of carbonyl (C=O) groups is 4. The average Bonchev–Trinajstić information content (AvgIpc) is 3.19. The van der Waals surface area contributed by atoms with Gasteiger partial charge in [0.25, 0.3) is 0 Å². The predicted molar refractivity (Wildman–Crippen MR) is 155 cm³/mol. The molecule has 3 amide bonds. The number of carbonyl (C=O) groups excluding carboxylic acids is 3. The molecule has 41 heavy (non-hydrogen) atoms. The summed E-state index contributed by atoms with van der Waals surface area (Å²) in [6, 6.07) is 3.94. The summed E-state index contributed by atoms with van der Waals surface area (Å²) < 4.78 is 30.2. The van der Waals surface area contributed by atoms with Crippen LogP contribution in [0.3, 0.4) is 0 Å². The Labute approximate surface area is 245 Å². The van der Waals surface area contributed by atoms with Crippen molar-refractivity contribution in [2.24, 2.45) is 5.41 Å². The molecule has 1 unspecified atom stereocenters. The van der Waals surface area contributed by atoms with Gasteiger partial charge in [-0.05, 0) is 37.0 Å². The van der Waals surface area contributed by atoms with E-state index >= 15 is 0 Å². The number of hydrogen-bond acceptors (Lipinski definition) is 8. The second-order valence-electron chi connectivity index (χ2n) is 12.2. The number of nitrogens with one attached hydrogen (secondary N) is 1. The third-order valence-electron chi connectivity index (χ3n) is 6.94. The molecule has 2 aliphatic heterocycles. The molecule has 2 saturated heterocycles. The maximum atomic E-state index is 13.1. The number of sulfonamides is 1. The van der Waals surface area contributed by atoms with Gasteiger partial charge >= 0.3 is 12.1 Å². The number of ether oxygens (including phenoxy) is 1. The molecule has 0 aromatic heterocycles. The second kappa shape index (κ2) is 12.6. The molecular weight excluding hydrogens is 572 g/mol. The molecule has 2 atom stereocenters. The summed E-state index contributed by atoms with van der Waals surface area (Å²) >= 11 is 1.31. The van der Waals surface area contributed by atoms with Gasteiger partial charge in [0.2, 0.25) is 21.8 Å². The number of aliphatic carboxylic acids is 1. The number of carboxylic acid groups (broad SMARTS) is 1. The lowest BCUT2D eigenvalue weighted by molar-refractivity contribution is -0.142. The third kappa shape index (κ3) is 8.82. The van der Waals surface area contributed by atoms with Crippen molar-refractivity contribution in [2.75, 3.05) is 38.3 Å². The summed E-state index contributed by atoms with van der Waals surface area (Å²) in [5, 5.41) is 12.3. The Morgan fingerprint density at radius 3 is 2.15 bits per heavy atom. The van der Waals surface area contributed by atoms with Crippen LogP contribution in [0, 0.1) is 5.41 Å². The van der Waals surface area contributed by atoms with Gasteiger partial charge in [-0.15, -0.1) is 11.8 Å². The SMILES string of the molecule is CC(C)(C)CC(=O)N1CCN(C(=O)Oc2ccc(C[C@H](NC(=O)C3N(S(C)(=O)=O)CSC3(C)C)C(=O)O)cc2)CC1. The van der Waals surface area contributed by atoms with Crippen molar-refractivity contribution in [3.8, 4) is 5.75 Å². The van der Waals surface area contributed by atoms with E-state index in [2.05, 4.69) is 5.32 Å². The molecule has 1 aromatic carbocycles. The first-order chi connectivity index (χ1) is 18.9. The molecule has 0 bridgehead atoms. The Bertz CT molecular complexity index is 1250. The van der Waals surface area contributed by atoms with Crippen LogP contribution in [0.5, 0.6) is 5.75 Å². The summed E-state index contributed by atoms with van der Waals surface area (Å²) in [5.41, 5.74) is 0.462. The molecule has 0 radical (unpaired) electrons. The Morgan fingerprint density at radius 2 is 1.63 bits per heavy atom. The van der Waals surface area contributed by atoms with Crippen molar-refractivity contribution in [1.29, 1.82) is 0 Å². The Kier molecular flexibility index (Phi) is 10.0. The summed E-state index contributed by atoms with van der Waals surface area (Å²) in [7, 11) is -3.68. The van der Waals surface area contributed by atoms with Crippen LogP contribution in [-0.2, 0) is 30.8 Å². The molecule has 2 aliphatic rings. The van der Waals surface area contributed by atoms with Crippen molar-refractivity contribution < 1.29 is 37.4 Å². The standard InChI is InChI=1S/C27H40N4O8S2/c1-26(2,3)16-21(32)29-11-13-30(14-12-29)25(36)39-19-9-7-18(8-10-19)15-20(24(34)35)28-23(33)22-27(4,5)40-17-31(22)41(6,37)38/h7-10,20,22H,11-17H2,1-6H3,(H,28,33)(H,34,35)/t20-,22?/m0/s1.